The number of likely N-dealkylation sites (N-methyl/N-ethyl adjacent to an activating group) is 1. The largest absolute Gasteiger partial charge is 0.545 e. The number of rotatable bonds is 77. The molecule has 0 aromatic carbocycles. The van der Waals surface area contributed by atoms with Crippen molar-refractivity contribution in [3.63, 3.8) is 0 Å². The zero-order valence-corrected chi connectivity index (χ0v) is 61.3. The molecule has 0 heterocycles. The lowest BCUT2D eigenvalue weighted by Crippen LogP contribution is -2.44. The Morgan fingerprint density at radius 2 is 0.567 bits per heavy atom. The van der Waals surface area contributed by atoms with Crippen LogP contribution in [0.4, 0.5) is 0 Å². The quantitative estimate of drug-likeness (QED) is 0.0195. The Kier molecular flexibility index (Phi) is 71.3. The van der Waals surface area contributed by atoms with Gasteiger partial charge in [0, 0.05) is 12.8 Å². The van der Waals surface area contributed by atoms with Gasteiger partial charge in [-0.3, -0.25) is 9.59 Å². The van der Waals surface area contributed by atoms with Crippen LogP contribution in [-0.2, 0) is 33.3 Å². The fourth-order valence-corrected chi connectivity index (χ4v) is 12.6. The molecule has 2 atom stereocenters. The average molecular weight is 1270 g/mol. The Labute approximate surface area is 561 Å². The SMILES string of the molecule is CCCCCCCCCC/C=C\CCCCCCCCCCCCCCCCCCCCCCCCCCCCCC(=O)OC(COC(=O)CCCCCCCCCCCCCCCCCCCCCCCCCCCC)COC(OCC[N+](C)(C)C)C(=O)[O-]. The number of unbranched alkanes of at least 4 members (excludes halogenated alkanes) is 60. The second-order valence-corrected chi connectivity index (χ2v) is 29.1. The van der Waals surface area contributed by atoms with E-state index >= 15 is 0 Å². The van der Waals surface area contributed by atoms with Gasteiger partial charge in [-0.15, -0.1) is 0 Å². The van der Waals surface area contributed by atoms with Crippen molar-refractivity contribution >= 4 is 17.9 Å². The van der Waals surface area contributed by atoms with Crippen LogP contribution in [0.5, 0.6) is 0 Å². The van der Waals surface area contributed by atoms with Gasteiger partial charge in [0.05, 0.1) is 40.3 Å². The molecular weight excluding hydrogens is 1110 g/mol. The summed E-state index contributed by atoms with van der Waals surface area (Å²) < 4.78 is 22.9. The summed E-state index contributed by atoms with van der Waals surface area (Å²) in [7, 11) is 5.96. The van der Waals surface area contributed by atoms with Crippen molar-refractivity contribution in [3.05, 3.63) is 12.2 Å². The molecule has 90 heavy (non-hydrogen) atoms. The monoisotopic (exact) mass is 1270 g/mol. The van der Waals surface area contributed by atoms with Crippen LogP contribution < -0.4 is 5.11 Å². The molecule has 0 aliphatic carbocycles. The van der Waals surface area contributed by atoms with Gasteiger partial charge in [0.2, 0.25) is 0 Å². The summed E-state index contributed by atoms with van der Waals surface area (Å²) in [4.78, 5) is 37.6. The zero-order chi connectivity index (χ0) is 65.4. The third kappa shape index (κ3) is 73.4. The smallest absolute Gasteiger partial charge is 0.306 e. The number of carbonyl (C=O) groups excluding carboxylic acids is 3. The van der Waals surface area contributed by atoms with Crippen molar-refractivity contribution in [2.24, 2.45) is 0 Å². The van der Waals surface area contributed by atoms with Crippen molar-refractivity contribution in [1.29, 1.82) is 0 Å². The summed E-state index contributed by atoms with van der Waals surface area (Å²) in [5.41, 5.74) is 0. The number of aliphatic carboxylic acids is 1. The lowest BCUT2D eigenvalue weighted by molar-refractivity contribution is -0.870. The molecule has 0 saturated carbocycles. The summed E-state index contributed by atoms with van der Waals surface area (Å²) >= 11 is 0. The van der Waals surface area contributed by atoms with Crippen LogP contribution >= 0.6 is 0 Å². The predicted molar refractivity (Wildman–Crippen MR) is 385 cm³/mol. The maximum atomic E-state index is 13.0. The minimum absolute atomic E-state index is 0.153. The van der Waals surface area contributed by atoms with Gasteiger partial charge in [-0.25, -0.2) is 0 Å². The first-order chi connectivity index (χ1) is 44.1. The van der Waals surface area contributed by atoms with E-state index in [2.05, 4.69) is 26.0 Å². The van der Waals surface area contributed by atoms with Crippen LogP contribution in [-0.4, -0.2) is 82.3 Å². The van der Waals surface area contributed by atoms with Gasteiger partial charge in [0.15, 0.2) is 12.4 Å². The van der Waals surface area contributed by atoms with E-state index in [9.17, 15) is 19.5 Å². The zero-order valence-electron chi connectivity index (χ0n) is 61.3. The van der Waals surface area contributed by atoms with Gasteiger partial charge in [0.25, 0.3) is 0 Å². The summed E-state index contributed by atoms with van der Waals surface area (Å²) in [6.07, 6.45) is 87.8. The van der Waals surface area contributed by atoms with E-state index in [4.69, 9.17) is 18.9 Å². The molecule has 9 nitrogen and oxygen atoms in total. The Bertz CT molecular complexity index is 1480. The number of quaternary nitrogens is 1. The Morgan fingerprint density at radius 3 is 0.822 bits per heavy atom. The van der Waals surface area contributed by atoms with E-state index in [0.717, 1.165) is 38.5 Å². The van der Waals surface area contributed by atoms with Gasteiger partial charge in [-0.05, 0) is 38.5 Å². The normalized spacial score (nSPS) is 12.6. The number of carboxylic acid groups (broad SMARTS) is 1. The lowest BCUT2D eigenvalue weighted by Gasteiger charge is -2.26. The molecule has 0 N–H and O–H groups in total. The van der Waals surface area contributed by atoms with Crippen LogP contribution in [0.1, 0.15) is 431 Å². The highest BCUT2D eigenvalue weighted by Crippen LogP contribution is 2.20. The third-order valence-electron chi connectivity index (χ3n) is 18.8. The van der Waals surface area contributed by atoms with Crippen molar-refractivity contribution < 1.29 is 42.9 Å². The Balaban J connectivity index is 3.92. The van der Waals surface area contributed by atoms with Crippen molar-refractivity contribution in [2.45, 2.75) is 444 Å². The van der Waals surface area contributed by atoms with E-state index in [1.807, 2.05) is 21.1 Å². The second-order valence-electron chi connectivity index (χ2n) is 29.1. The standard InChI is InChI=1S/C81H157NO8/c1-6-8-10-12-14-16-18-20-22-24-26-28-30-32-34-35-36-37-38-39-40-41-42-43-44-45-46-48-50-52-54-56-58-60-62-64-66-68-70-72-79(84)90-77(76-89-81(80(85)86)87-74-73-82(3,4)5)75-88-78(83)71-69-67-65-63-61-59-57-55-53-51-49-47-33-31-29-27-25-23-21-19-17-15-13-11-9-7-2/h24,26,77,81H,6-23,25,27-76H2,1-5H3/b26-24-. The third-order valence-corrected chi connectivity index (χ3v) is 18.8. The van der Waals surface area contributed by atoms with E-state index in [1.165, 1.54) is 366 Å². The van der Waals surface area contributed by atoms with Crippen molar-refractivity contribution in [1.82, 2.24) is 0 Å². The molecule has 0 aromatic rings. The van der Waals surface area contributed by atoms with Crippen LogP contribution in [0.3, 0.4) is 0 Å². The average Bonchev–Trinajstić information content (AvgIpc) is 3.65. The minimum atomic E-state index is -1.62. The number of esters is 2. The molecule has 534 valence electrons. The molecule has 2 unspecified atom stereocenters. The Hall–Kier alpha value is -1.97. The first kappa shape index (κ1) is 88.0. The number of carbonyl (C=O) groups is 3. The Morgan fingerprint density at radius 1 is 0.322 bits per heavy atom. The summed E-state index contributed by atoms with van der Waals surface area (Å²) in [5, 5.41) is 11.9. The van der Waals surface area contributed by atoms with Crippen LogP contribution in [0, 0.1) is 0 Å². The molecule has 0 radical (unpaired) electrons. The van der Waals surface area contributed by atoms with Crippen LogP contribution in [0.2, 0.25) is 0 Å². The first-order valence-electron chi connectivity index (χ1n) is 40.3. The maximum absolute atomic E-state index is 13.0. The van der Waals surface area contributed by atoms with E-state index in [-0.39, 0.29) is 32.2 Å². The van der Waals surface area contributed by atoms with Crippen molar-refractivity contribution in [2.75, 3.05) is 47.5 Å². The highest BCUT2D eigenvalue weighted by Gasteiger charge is 2.22. The molecule has 0 fully saturated rings. The highest BCUT2D eigenvalue weighted by molar-refractivity contribution is 5.70. The number of carboxylic acids is 1. The molecule has 0 amide bonds. The molecular formula is C81H157NO8. The molecule has 0 saturated heterocycles. The highest BCUT2D eigenvalue weighted by atomic mass is 16.7. The van der Waals surface area contributed by atoms with Gasteiger partial charge < -0.3 is 33.3 Å². The molecule has 0 spiro atoms. The van der Waals surface area contributed by atoms with Gasteiger partial charge >= 0.3 is 11.9 Å². The second kappa shape index (κ2) is 72.9. The van der Waals surface area contributed by atoms with Gasteiger partial charge in [0.1, 0.15) is 13.2 Å². The summed E-state index contributed by atoms with van der Waals surface area (Å²) in [6, 6.07) is 0. The van der Waals surface area contributed by atoms with Crippen LogP contribution in [0.15, 0.2) is 12.2 Å². The summed E-state index contributed by atoms with van der Waals surface area (Å²) in [6.45, 7) is 4.85. The van der Waals surface area contributed by atoms with E-state index < -0.39 is 24.3 Å². The number of hydrogen-bond acceptors (Lipinski definition) is 8. The van der Waals surface area contributed by atoms with Crippen molar-refractivity contribution in [3.8, 4) is 0 Å². The first-order valence-corrected chi connectivity index (χ1v) is 40.3. The van der Waals surface area contributed by atoms with E-state index in [0.29, 0.717) is 17.4 Å². The van der Waals surface area contributed by atoms with Gasteiger partial charge in [-0.1, -0.05) is 392 Å². The topological polar surface area (TPSA) is 111 Å². The fourth-order valence-electron chi connectivity index (χ4n) is 12.6. The van der Waals surface area contributed by atoms with Crippen LogP contribution in [0.25, 0.3) is 0 Å². The fraction of sp³-hybridized carbons (Fsp3) is 0.938. The van der Waals surface area contributed by atoms with Gasteiger partial charge in [-0.2, -0.15) is 0 Å². The minimum Gasteiger partial charge on any atom is -0.545 e. The molecule has 9 heteroatoms. The number of nitrogens with zero attached hydrogens (tertiary/aromatic N) is 1. The van der Waals surface area contributed by atoms with E-state index in [1.54, 1.807) is 0 Å². The molecule has 0 bridgehead atoms. The summed E-state index contributed by atoms with van der Waals surface area (Å²) in [5.74, 6) is -2.24. The number of allylic oxidation sites excluding steroid dienone is 2. The number of ether oxygens (including phenoxy) is 4. The predicted octanol–water partition coefficient (Wildman–Crippen LogP) is 24.2. The maximum Gasteiger partial charge on any atom is 0.306 e. The molecule has 0 rings (SSSR count). The molecule has 0 aliphatic rings. The molecule has 0 aromatic heterocycles. The number of hydrogen-bond donors (Lipinski definition) is 0. The molecule has 0 aliphatic heterocycles. The lowest BCUT2D eigenvalue weighted by atomic mass is 10.0.